The molecule has 0 aliphatic carbocycles. The number of aliphatic hydroxyl groups excluding tert-OH is 1. The van der Waals surface area contributed by atoms with Gasteiger partial charge in [-0.25, -0.2) is 4.90 Å². The zero-order chi connectivity index (χ0) is 15.5. The van der Waals surface area contributed by atoms with Crippen molar-refractivity contribution in [3.05, 3.63) is 0 Å². The number of nitrogens with zero attached hydrogens (tertiary/aromatic N) is 2. The van der Waals surface area contributed by atoms with Crippen LogP contribution in [-0.2, 0) is 0 Å². The van der Waals surface area contributed by atoms with Crippen LogP contribution < -0.4 is 0 Å². The first-order chi connectivity index (χ1) is 10.2. The van der Waals surface area contributed by atoms with Crippen molar-refractivity contribution < 1.29 is 9.68 Å². The van der Waals surface area contributed by atoms with E-state index in [2.05, 4.69) is 23.4 Å². The Hall–Kier alpha value is -0.570. The lowest BCUT2D eigenvalue weighted by atomic mass is 10.1. The third-order valence-electron chi connectivity index (χ3n) is 4.65. The van der Waals surface area contributed by atoms with Crippen molar-refractivity contribution in [3.63, 3.8) is 0 Å². The van der Waals surface area contributed by atoms with Gasteiger partial charge in [0.1, 0.15) is 13.1 Å². The van der Waals surface area contributed by atoms with Crippen LogP contribution in [-0.4, -0.2) is 46.8 Å². The van der Waals surface area contributed by atoms with Crippen molar-refractivity contribution in [1.29, 1.82) is 0 Å². The standard InChI is InChI=1S/C18H37N2O/c1-4-5-6-7-8-9-10-11-12-13-14-18-19(3)15-16-20(18)17(2)21/h17,21H,4-16H2,1-3H3/q+1. The van der Waals surface area contributed by atoms with Crippen molar-refractivity contribution in [2.75, 3.05) is 20.1 Å². The van der Waals surface area contributed by atoms with Crippen LogP contribution in [0.1, 0.15) is 84.5 Å². The van der Waals surface area contributed by atoms with E-state index in [1.165, 1.54) is 70.0 Å². The minimum atomic E-state index is -0.340. The van der Waals surface area contributed by atoms with E-state index in [1.807, 2.05) is 6.92 Å². The van der Waals surface area contributed by atoms with Crippen LogP contribution in [0, 0.1) is 0 Å². The van der Waals surface area contributed by atoms with Gasteiger partial charge in [-0.3, -0.25) is 4.58 Å². The van der Waals surface area contributed by atoms with Gasteiger partial charge in [-0.15, -0.1) is 0 Å². The number of unbranched alkanes of at least 4 members (excludes halogenated alkanes) is 9. The molecule has 1 aliphatic heterocycles. The van der Waals surface area contributed by atoms with Gasteiger partial charge in [0, 0.05) is 13.3 Å². The number of hydrogen-bond donors (Lipinski definition) is 1. The molecule has 3 nitrogen and oxygen atoms in total. The minimum absolute atomic E-state index is 0.340. The summed E-state index contributed by atoms with van der Waals surface area (Å²) in [4.78, 5) is 2.15. The maximum absolute atomic E-state index is 9.78. The van der Waals surface area contributed by atoms with Crippen LogP contribution in [0.4, 0.5) is 0 Å². The van der Waals surface area contributed by atoms with Crippen LogP contribution in [0.5, 0.6) is 0 Å². The van der Waals surface area contributed by atoms with Crippen LogP contribution in [0.2, 0.25) is 0 Å². The molecule has 124 valence electrons. The third kappa shape index (κ3) is 7.30. The lowest BCUT2D eigenvalue weighted by Gasteiger charge is -2.15. The Labute approximate surface area is 132 Å². The predicted octanol–water partition coefficient (Wildman–Crippen LogP) is 3.99. The molecule has 0 aromatic rings. The summed E-state index contributed by atoms with van der Waals surface area (Å²) in [5, 5.41) is 9.78. The third-order valence-corrected chi connectivity index (χ3v) is 4.65. The summed E-state index contributed by atoms with van der Waals surface area (Å²) in [6, 6.07) is 0. The first-order valence-corrected chi connectivity index (χ1v) is 9.18. The number of likely N-dealkylation sites (N-methyl/N-ethyl adjacent to an activating group) is 1. The quantitative estimate of drug-likeness (QED) is 0.435. The highest BCUT2D eigenvalue weighted by molar-refractivity contribution is 5.78. The van der Waals surface area contributed by atoms with Crippen LogP contribution in [0.25, 0.3) is 0 Å². The lowest BCUT2D eigenvalue weighted by Crippen LogP contribution is -2.36. The smallest absolute Gasteiger partial charge is 0.248 e. The van der Waals surface area contributed by atoms with E-state index in [4.69, 9.17) is 0 Å². The number of amidine groups is 1. The van der Waals surface area contributed by atoms with Gasteiger partial charge in [-0.05, 0) is 6.42 Å². The molecule has 0 aromatic heterocycles. The van der Waals surface area contributed by atoms with E-state index < -0.39 is 0 Å². The molecule has 0 amide bonds. The average Bonchev–Trinajstić information content (AvgIpc) is 2.82. The van der Waals surface area contributed by atoms with Gasteiger partial charge in [0.05, 0.1) is 7.05 Å². The molecule has 0 fully saturated rings. The fraction of sp³-hybridized carbons (Fsp3) is 0.944. The predicted molar refractivity (Wildman–Crippen MR) is 90.9 cm³/mol. The summed E-state index contributed by atoms with van der Waals surface area (Å²) in [5.74, 6) is 1.34. The summed E-state index contributed by atoms with van der Waals surface area (Å²) in [6.07, 6.45) is 14.6. The summed E-state index contributed by atoms with van der Waals surface area (Å²) in [5.41, 5.74) is 0. The first kappa shape index (κ1) is 18.5. The van der Waals surface area contributed by atoms with Gasteiger partial charge in [0.25, 0.3) is 0 Å². The first-order valence-electron chi connectivity index (χ1n) is 9.18. The summed E-state index contributed by atoms with van der Waals surface area (Å²) >= 11 is 0. The van der Waals surface area contributed by atoms with Crippen molar-refractivity contribution in [3.8, 4) is 0 Å². The molecule has 0 spiro atoms. The molecule has 21 heavy (non-hydrogen) atoms. The maximum Gasteiger partial charge on any atom is 0.248 e. The van der Waals surface area contributed by atoms with Gasteiger partial charge in [0.15, 0.2) is 6.23 Å². The van der Waals surface area contributed by atoms with Gasteiger partial charge in [-0.1, -0.05) is 64.7 Å². The molecule has 1 N–H and O–H groups in total. The van der Waals surface area contributed by atoms with E-state index in [1.54, 1.807) is 0 Å². The van der Waals surface area contributed by atoms with Crippen molar-refractivity contribution in [2.45, 2.75) is 90.7 Å². The number of aliphatic hydroxyl groups is 1. The highest BCUT2D eigenvalue weighted by Gasteiger charge is 2.30. The molecule has 1 atom stereocenters. The Morgan fingerprint density at radius 3 is 2.05 bits per heavy atom. The highest BCUT2D eigenvalue weighted by Crippen LogP contribution is 2.14. The van der Waals surface area contributed by atoms with Crippen molar-refractivity contribution >= 4 is 5.84 Å². The molecule has 0 aromatic carbocycles. The normalized spacial score (nSPS) is 16.9. The molecule has 1 unspecified atom stereocenters. The number of rotatable bonds is 12. The van der Waals surface area contributed by atoms with Crippen molar-refractivity contribution in [2.24, 2.45) is 0 Å². The second-order valence-corrected chi connectivity index (χ2v) is 6.60. The molecular weight excluding hydrogens is 260 g/mol. The molecule has 0 saturated carbocycles. The molecule has 0 bridgehead atoms. The van der Waals surface area contributed by atoms with E-state index in [9.17, 15) is 5.11 Å². The lowest BCUT2D eigenvalue weighted by molar-refractivity contribution is -0.487. The molecule has 3 heteroatoms. The van der Waals surface area contributed by atoms with Gasteiger partial charge < -0.3 is 5.11 Å². The van der Waals surface area contributed by atoms with Gasteiger partial charge >= 0.3 is 0 Å². The van der Waals surface area contributed by atoms with Crippen LogP contribution in [0.3, 0.4) is 0 Å². The Morgan fingerprint density at radius 2 is 1.52 bits per heavy atom. The molecule has 1 heterocycles. The van der Waals surface area contributed by atoms with E-state index in [0.717, 1.165) is 19.5 Å². The van der Waals surface area contributed by atoms with E-state index in [0.29, 0.717) is 0 Å². The fourth-order valence-corrected chi connectivity index (χ4v) is 3.24. The maximum atomic E-state index is 9.78. The van der Waals surface area contributed by atoms with Gasteiger partial charge in [0.2, 0.25) is 5.84 Å². The van der Waals surface area contributed by atoms with E-state index in [-0.39, 0.29) is 6.23 Å². The van der Waals surface area contributed by atoms with Crippen LogP contribution in [0.15, 0.2) is 0 Å². The van der Waals surface area contributed by atoms with Crippen LogP contribution >= 0.6 is 0 Å². The molecular formula is C18H37N2O+. The zero-order valence-corrected chi connectivity index (χ0v) is 14.6. The topological polar surface area (TPSA) is 26.5 Å². The summed E-state index contributed by atoms with van der Waals surface area (Å²) in [7, 11) is 2.15. The average molecular weight is 298 g/mol. The molecule has 1 rings (SSSR count). The Balaban J connectivity index is 2.00. The summed E-state index contributed by atoms with van der Waals surface area (Å²) < 4.78 is 2.31. The largest absolute Gasteiger partial charge is 0.356 e. The summed E-state index contributed by atoms with van der Waals surface area (Å²) in [6.45, 7) is 6.18. The molecule has 1 aliphatic rings. The highest BCUT2D eigenvalue weighted by atomic mass is 16.3. The Kier molecular flexibility index (Phi) is 9.73. The van der Waals surface area contributed by atoms with Crippen molar-refractivity contribution in [1.82, 2.24) is 4.90 Å². The second kappa shape index (κ2) is 11.1. The Bertz CT molecular complexity index is 300. The Morgan fingerprint density at radius 1 is 1.00 bits per heavy atom. The van der Waals surface area contributed by atoms with E-state index >= 15 is 0 Å². The van der Waals surface area contributed by atoms with Gasteiger partial charge in [-0.2, -0.15) is 0 Å². The second-order valence-electron chi connectivity index (χ2n) is 6.60. The molecule has 0 radical (unpaired) electrons. The zero-order valence-electron chi connectivity index (χ0n) is 14.6. The monoisotopic (exact) mass is 297 g/mol. The number of hydrogen-bond acceptors (Lipinski definition) is 2. The molecule has 0 saturated heterocycles. The fourth-order valence-electron chi connectivity index (χ4n) is 3.24. The minimum Gasteiger partial charge on any atom is -0.356 e. The SMILES string of the molecule is CCCCCCCCCCCCC1=[N+](C)CCN1C(C)O.